The molecule has 2 rings (SSSR count). The van der Waals surface area contributed by atoms with Crippen LogP contribution in [0.1, 0.15) is 5.69 Å². The number of aromatic nitrogens is 2. The number of nitrogens with zero attached hydrogens (tertiary/aromatic N) is 1. The van der Waals surface area contributed by atoms with Crippen molar-refractivity contribution in [2.24, 2.45) is 7.05 Å². The maximum atomic E-state index is 10.9. The van der Waals surface area contributed by atoms with Crippen molar-refractivity contribution in [1.29, 1.82) is 0 Å². The Morgan fingerprint density at radius 3 is 3.10 bits per heavy atom. The van der Waals surface area contributed by atoms with E-state index in [9.17, 15) is 4.79 Å². The normalized spacial score (nSPS) is 14.9. The Hall–Kier alpha value is -1.19. The van der Waals surface area contributed by atoms with Crippen molar-refractivity contribution in [3.8, 4) is 0 Å². The highest BCUT2D eigenvalue weighted by atomic mass is 16.1. The molecule has 0 amide bonds. The van der Waals surface area contributed by atoms with E-state index in [1.54, 1.807) is 11.6 Å². The molecule has 0 radical (unpaired) electrons. The fourth-order valence-corrected chi connectivity index (χ4v) is 1.29. The molecule has 10 heavy (non-hydrogen) atoms. The number of rotatable bonds is 0. The SMILES string of the molecule is Cn1c2c([nH]c1=O)CCN2. The van der Waals surface area contributed by atoms with Gasteiger partial charge in [-0.3, -0.25) is 4.57 Å². The van der Waals surface area contributed by atoms with Crippen LogP contribution in [-0.2, 0) is 13.5 Å². The predicted molar refractivity (Wildman–Crippen MR) is 38.2 cm³/mol. The highest BCUT2D eigenvalue weighted by Gasteiger charge is 2.15. The lowest BCUT2D eigenvalue weighted by Gasteiger charge is -1.95. The van der Waals surface area contributed by atoms with Crippen molar-refractivity contribution in [3.05, 3.63) is 16.2 Å². The third kappa shape index (κ3) is 0.531. The lowest BCUT2D eigenvalue weighted by Crippen LogP contribution is -2.15. The molecule has 0 spiro atoms. The lowest BCUT2D eigenvalue weighted by molar-refractivity contribution is 0.855. The molecule has 4 nitrogen and oxygen atoms in total. The second-order valence-electron chi connectivity index (χ2n) is 2.49. The molecule has 0 atom stereocenters. The smallest absolute Gasteiger partial charge is 0.327 e. The number of hydrogen-bond donors (Lipinski definition) is 2. The van der Waals surface area contributed by atoms with Gasteiger partial charge < -0.3 is 10.3 Å². The molecule has 1 aliphatic rings. The molecular formula is C6H9N3O. The first kappa shape index (κ1) is 5.58. The monoisotopic (exact) mass is 139 g/mol. The molecule has 1 aromatic heterocycles. The van der Waals surface area contributed by atoms with Crippen LogP contribution >= 0.6 is 0 Å². The molecule has 2 N–H and O–H groups in total. The largest absolute Gasteiger partial charge is 0.370 e. The van der Waals surface area contributed by atoms with Crippen LogP contribution in [0.5, 0.6) is 0 Å². The Morgan fingerprint density at radius 1 is 1.60 bits per heavy atom. The third-order valence-electron chi connectivity index (χ3n) is 1.85. The summed E-state index contributed by atoms with van der Waals surface area (Å²) >= 11 is 0. The second-order valence-corrected chi connectivity index (χ2v) is 2.49. The summed E-state index contributed by atoms with van der Waals surface area (Å²) in [4.78, 5) is 13.7. The minimum atomic E-state index is -0.0304. The van der Waals surface area contributed by atoms with E-state index in [1.165, 1.54) is 0 Å². The summed E-state index contributed by atoms with van der Waals surface area (Å²) in [5, 5.41) is 3.12. The minimum Gasteiger partial charge on any atom is -0.370 e. The summed E-state index contributed by atoms with van der Waals surface area (Å²) in [6.07, 6.45) is 0.936. The van der Waals surface area contributed by atoms with E-state index in [0.29, 0.717) is 0 Å². The third-order valence-corrected chi connectivity index (χ3v) is 1.85. The second kappa shape index (κ2) is 1.65. The Kier molecular flexibility index (Phi) is 0.922. The van der Waals surface area contributed by atoms with Gasteiger partial charge in [0.25, 0.3) is 0 Å². The van der Waals surface area contributed by atoms with Gasteiger partial charge >= 0.3 is 5.69 Å². The number of fused-ring (bicyclic) bond motifs is 1. The van der Waals surface area contributed by atoms with Gasteiger partial charge in [-0.1, -0.05) is 0 Å². The van der Waals surface area contributed by atoms with Crippen LogP contribution in [0.15, 0.2) is 4.79 Å². The zero-order valence-electron chi connectivity index (χ0n) is 5.77. The molecule has 0 aliphatic carbocycles. The van der Waals surface area contributed by atoms with Gasteiger partial charge in [-0.2, -0.15) is 0 Å². The number of hydrogen-bond acceptors (Lipinski definition) is 2. The molecule has 0 unspecified atom stereocenters. The molecule has 2 heterocycles. The summed E-state index contributed by atoms with van der Waals surface area (Å²) in [6.45, 7) is 0.940. The van der Waals surface area contributed by atoms with Crippen LogP contribution in [0, 0.1) is 0 Å². The molecule has 0 saturated heterocycles. The highest BCUT2D eigenvalue weighted by molar-refractivity contribution is 5.46. The van der Waals surface area contributed by atoms with Gasteiger partial charge in [0.1, 0.15) is 5.82 Å². The average Bonchev–Trinajstić information content (AvgIpc) is 2.41. The Bertz CT molecular complexity index is 309. The summed E-state index contributed by atoms with van der Waals surface area (Å²) in [7, 11) is 1.76. The topological polar surface area (TPSA) is 49.8 Å². The summed E-state index contributed by atoms with van der Waals surface area (Å²) in [5.74, 6) is 0.949. The molecule has 0 bridgehead atoms. The molecular weight excluding hydrogens is 130 g/mol. The molecule has 1 aliphatic heterocycles. The molecule has 0 saturated carbocycles. The van der Waals surface area contributed by atoms with E-state index in [-0.39, 0.29) is 5.69 Å². The Labute approximate surface area is 57.9 Å². The zero-order chi connectivity index (χ0) is 7.14. The molecule has 1 aromatic rings. The number of aromatic amines is 1. The van der Waals surface area contributed by atoms with Gasteiger partial charge in [0.2, 0.25) is 0 Å². The van der Waals surface area contributed by atoms with Crippen LogP contribution in [0.4, 0.5) is 5.82 Å². The van der Waals surface area contributed by atoms with Gasteiger partial charge in [-0.05, 0) is 0 Å². The molecule has 0 fully saturated rings. The van der Waals surface area contributed by atoms with Gasteiger partial charge in [-0.15, -0.1) is 0 Å². The molecule has 0 aromatic carbocycles. The van der Waals surface area contributed by atoms with E-state index in [1.807, 2.05) is 0 Å². The molecule has 4 heteroatoms. The van der Waals surface area contributed by atoms with Gasteiger partial charge in [-0.25, -0.2) is 4.79 Å². The maximum Gasteiger partial charge on any atom is 0.327 e. The number of anilines is 1. The fourth-order valence-electron chi connectivity index (χ4n) is 1.29. The van der Waals surface area contributed by atoms with Gasteiger partial charge in [0.15, 0.2) is 0 Å². The van der Waals surface area contributed by atoms with Crippen molar-refractivity contribution < 1.29 is 0 Å². The van der Waals surface area contributed by atoms with E-state index >= 15 is 0 Å². The standard InChI is InChI=1S/C6H9N3O/c1-9-5-4(2-3-7-5)8-6(9)10/h7H,2-3H2,1H3,(H,8,10). The van der Waals surface area contributed by atoms with Crippen molar-refractivity contribution in [1.82, 2.24) is 9.55 Å². The Balaban J connectivity index is 2.70. The quantitative estimate of drug-likeness (QED) is 0.517. The van der Waals surface area contributed by atoms with Crippen LogP contribution < -0.4 is 11.0 Å². The van der Waals surface area contributed by atoms with Crippen LogP contribution in [0.3, 0.4) is 0 Å². The van der Waals surface area contributed by atoms with E-state index in [4.69, 9.17) is 0 Å². The highest BCUT2D eigenvalue weighted by Crippen LogP contribution is 2.15. The number of nitrogens with one attached hydrogen (secondary N) is 2. The maximum absolute atomic E-state index is 10.9. The van der Waals surface area contributed by atoms with Crippen molar-refractivity contribution in [2.75, 3.05) is 11.9 Å². The van der Waals surface area contributed by atoms with Gasteiger partial charge in [0.05, 0.1) is 5.69 Å². The fraction of sp³-hybridized carbons (Fsp3) is 0.500. The lowest BCUT2D eigenvalue weighted by atomic mass is 10.4. The first-order valence-corrected chi connectivity index (χ1v) is 3.31. The van der Waals surface area contributed by atoms with E-state index in [2.05, 4.69) is 10.3 Å². The minimum absolute atomic E-state index is 0.0304. The summed E-state index contributed by atoms with van der Waals surface area (Å²) < 4.78 is 1.60. The van der Waals surface area contributed by atoms with Crippen molar-refractivity contribution >= 4 is 5.82 Å². The zero-order valence-corrected chi connectivity index (χ0v) is 5.77. The van der Waals surface area contributed by atoms with Crippen LogP contribution in [-0.4, -0.2) is 16.1 Å². The summed E-state index contributed by atoms with van der Waals surface area (Å²) in [5.41, 5.74) is 1.00. The summed E-state index contributed by atoms with van der Waals surface area (Å²) in [6, 6.07) is 0. The van der Waals surface area contributed by atoms with Crippen LogP contribution in [0.2, 0.25) is 0 Å². The van der Waals surface area contributed by atoms with Crippen molar-refractivity contribution in [2.45, 2.75) is 6.42 Å². The predicted octanol–water partition coefficient (Wildman–Crippen LogP) is -0.319. The average molecular weight is 139 g/mol. The number of H-pyrrole nitrogens is 1. The Morgan fingerprint density at radius 2 is 2.40 bits per heavy atom. The molecule has 54 valence electrons. The van der Waals surface area contributed by atoms with Gasteiger partial charge in [0, 0.05) is 20.0 Å². The number of imidazole rings is 1. The van der Waals surface area contributed by atoms with E-state index < -0.39 is 0 Å². The van der Waals surface area contributed by atoms with E-state index in [0.717, 1.165) is 24.5 Å². The first-order valence-electron chi connectivity index (χ1n) is 3.31. The van der Waals surface area contributed by atoms with Crippen LogP contribution in [0.25, 0.3) is 0 Å². The first-order chi connectivity index (χ1) is 4.79. The van der Waals surface area contributed by atoms with Crippen molar-refractivity contribution in [3.63, 3.8) is 0 Å².